The van der Waals surface area contributed by atoms with Crippen LogP contribution < -0.4 is 15.4 Å². The zero-order chi connectivity index (χ0) is 22.5. The topological polar surface area (TPSA) is 130 Å². The zero-order valence-corrected chi connectivity index (χ0v) is 18.0. The number of anilines is 3. The van der Waals surface area contributed by atoms with Crippen LogP contribution in [-0.4, -0.2) is 41.2 Å². The number of nitrogens with two attached hydrogens (primary N) is 1. The molecule has 0 aliphatic carbocycles. The highest BCUT2D eigenvalue weighted by molar-refractivity contribution is 7.92. The van der Waals surface area contributed by atoms with Crippen LogP contribution in [-0.2, 0) is 16.4 Å². The average molecular weight is 474 g/mol. The Labute approximate surface area is 187 Å². The lowest BCUT2D eigenvalue weighted by molar-refractivity contribution is 0.558. The summed E-state index contributed by atoms with van der Waals surface area (Å²) in [5.41, 5.74) is 7.53. The normalized spacial score (nSPS) is 16.2. The summed E-state index contributed by atoms with van der Waals surface area (Å²) in [6, 6.07) is 10.6. The monoisotopic (exact) mass is 473 g/mol. The van der Waals surface area contributed by atoms with Crippen LogP contribution >= 0.6 is 11.6 Å². The van der Waals surface area contributed by atoms with Crippen LogP contribution in [0.2, 0.25) is 5.02 Å². The highest BCUT2D eigenvalue weighted by atomic mass is 35.5. The van der Waals surface area contributed by atoms with Crippen molar-refractivity contribution in [1.82, 2.24) is 20.2 Å². The fourth-order valence-electron chi connectivity index (χ4n) is 3.84. The third-order valence-electron chi connectivity index (χ3n) is 5.26. The Morgan fingerprint density at radius 2 is 2.00 bits per heavy atom. The minimum absolute atomic E-state index is 0.0363. The van der Waals surface area contributed by atoms with E-state index in [2.05, 4.69) is 25.5 Å². The van der Waals surface area contributed by atoms with Gasteiger partial charge in [-0.2, -0.15) is 15.1 Å². The van der Waals surface area contributed by atoms with E-state index in [0.717, 1.165) is 5.56 Å². The lowest BCUT2D eigenvalue weighted by Gasteiger charge is -2.36. The molecular formula is C20H17ClFN7O2S. The first kappa shape index (κ1) is 20.5. The second kappa shape index (κ2) is 7.61. The Bertz CT molecular complexity index is 1440. The van der Waals surface area contributed by atoms with Gasteiger partial charge in [0.05, 0.1) is 34.9 Å². The maximum absolute atomic E-state index is 14.7. The molecule has 1 unspecified atom stereocenters. The van der Waals surface area contributed by atoms with Crippen LogP contribution in [0.15, 0.2) is 53.6 Å². The van der Waals surface area contributed by atoms with E-state index in [1.807, 2.05) is 12.1 Å². The van der Waals surface area contributed by atoms with Crippen molar-refractivity contribution < 1.29 is 12.8 Å². The van der Waals surface area contributed by atoms with E-state index >= 15 is 0 Å². The van der Waals surface area contributed by atoms with Crippen LogP contribution in [0.3, 0.4) is 0 Å². The molecule has 9 nitrogen and oxygen atoms in total. The van der Waals surface area contributed by atoms with Crippen molar-refractivity contribution in [3.8, 4) is 0 Å². The minimum atomic E-state index is -4.24. The second-order valence-electron chi connectivity index (χ2n) is 7.32. The first-order valence-corrected chi connectivity index (χ1v) is 11.4. The van der Waals surface area contributed by atoms with Gasteiger partial charge in [-0.25, -0.2) is 12.8 Å². The summed E-state index contributed by atoms with van der Waals surface area (Å²) in [6.45, 7) is 0.0363. The number of aromatic amines is 1. The van der Waals surface area contributed by atoms with Crippen molar-refractivity contribution >= 4 is 50.1 Å². The van der Waals surface area contributed by atoms with E-state index in [4.69, 9.17) is 17.3 Å². The Morgan fingerprint density at radius 3 is 2.84 bits per heavy atom. The standard InChI is InChI=1S/C20H17ClFN7O2S/c21-14-5-3-7-16(17(14)22)32(30,31)29-10-12(8-11-4-1-2-6-15(11)29)25-18-13-9-24-28-19(13)27-20(23)26-18/h1-7,9,12H,8,10H2,(H4,23,24,25,26,27,28). The van der Waals surface area contributed by atoms with Crippen molar-refractivity contribution in [3.05, 3.63) is 65.1 Å². The fourth-order valence-corrected chi connectivity index (χ4v) is 5.71. The summed E-state index contributed by atoms with van der Waals surface area (Å²) in [6.07, 6.45) is 2.08. The molecule has 164 valence electrons. The van der Waals surface area contributed by atoms with E-state index in [1.54, 1.807) is 18.3 Å². The van der Waals surface area contributed by atoms with Gasteiger partial charge in [-0.1, -0.05) is 35.9 Å². The van der Waals surface area contributed by atoms with Gasteiger partial charge in [-0.15, -0.1) is 0 Å². The molecule has 2 aromatic heterocycles. The molecule has 4 aromatic rings. The molecule has 1 aliphatic rings. The van der Waals surface area contributed by atoms with Crippen molar-refractivity contribution in [3.63, 3.8) is 0 Å². The van der Waals surface area contributed by atoms with Gasteiger partial charge in [-0.3, -0.25) is 9.40 Å². The fraction of sp³-hybridized carbons (Fsp3) is 0.150. The number of benzene rings is 2. The van der Waals surface area contributed by atoms with Gasteiger partial charge < -0.3 is 11.1 Å². The number of sulfonamides is 1. The van der Waals surface area contributed by atoms with Crippen LogP contribution in [0.5, 0.6) is 0 Å². The van der Waals surface area contributed by atoms with Crippen LogP contribution in [0.1, 0.15) is 5.56 Å². The Kier molecular flexibility index (Phi) is 4.86. The molecule has 32 heavy (non-hydrogen) atoms. The van der Waals surface area contributed by atoms with E-state index in [1.165, 1.54) is 22.5 Å². The summed E-state index contributed by atoms with van der Waals surface area (Å²) in [7, 11) is -4.24. The predicted molar refractivity (Wildman–Crippen MR) is 120 cm³/mol. The highest BCUT2D eigenvalue weighted by Gasteiger charge is 2.35. The number of nitrogens with zero attached hydrogens (tertiary/aromatic N) is 4. The van der Waals surface area contributed by atoms with Crippen LogP contribution in [0, 0.1) is 5.82 Å². The molecule has 1 atom stereocenters. The number of H-pyrrole nitrogens is 1. The van der Waals surface area contributed by atoms with Crippen molar-refractivity contribution in [2.45, 2.75) is 17.4 Å². The molecule has 0 bridgehead atoms. The molecule has 12 heteroatoms. The third kappa shape index (κ3) is 3.39. The van der Waals surface area contributed by atoms with Crippen molar-refractivity contribution in [1.29, 1.82) is 0 Å². The van der Waals surface area contributed by atoms with Crippen molar-refractivity contribution in [2.24, 2.45) is 0 Å². The van der Waals surface area contributed by atoms with Crippen molar-refractivity contribution in [2.75, 3.05) is 21.9 Å². The second-order valence-corrected chi connectivity index (χ2v) is 9.56. The molecule has 0 fully saturated rings. The van der Waals surface area contributed by atoms with Gasteiger partial charge in [0.2, 0.25) is 5.95 Å². The first-order valence-electron chi connectivity index (χ1n) is 9.62. The number of para-hydroxylation sites is 1. The van der Waals surface area contributed by atoms with Gasteiger partial charge in [0.15, 0.2) is 11.5 Å². The molecule has 0 saturated carbocycles. The maximum Gasteiger partial charge on any atom is 0.267 e. The lowest BCUT2D eigenvalue weighted by Crippen LogP contribution is -2.45. The Balaban J connectivity index is 1.56. The SMILES string of the molecule is Nc1nc(NC2Cc3ccccc3N(S(=O)(=O)c3cccc(Cl)c3F)C2)c2cn[nH]c2n1. The number of hydrogen-bond donors (Lipinski definition) is 3. The zero-order valence-electron chi connectivity index (χ0n) is 16.5. The van der Waals surface area contributed by atoms with Crippen LogP contribution in [0.4, 0.5) is 21.8 Å². The van der Waals surface area contributed by atoms with Crippen LogP contribution in [0.25, 0.3) is 11.0 Å². The molecular weight excluding hydrogens is 457 g/mol. The number of fused-ring (bicyclic) bond motifs is 2. The van der Waals surface area contributed by atoms with E-state index < -0.39 is 20.7 Å². The van der Waals surface area contributed by atoms with Gasteiger partial charge in [0.25, 0.3) is 10.0 Å². The summed E-state index contributed by atoms with van der Waals surface area (Å²) < 4.78 is 42.8. The van der Waals surface area contributed by atoms with Gasteiger partial charge in [0.1, 0.15) is 10.7 Å². The van der Waals surface area contributed by atoms with Gasteiger partial charge in [0, 0.05) is 0 Å². The van der Waals surface area contributed by atoms with E-state index in [-0.39, 0.29) is 23.6 Å². The number of halogens is 2. The molecule has 0 radical (unpaired) electrons. The number of aromatic nitrogens is 4. The Hall–Kier alpha value is -3.44. The van der Waals surface area contributed by atoms with Gasteiger partial charge in [-0.05, 0) is 30.2 Å². The molecule has 3 heterocycles. The maximum atomic E-state index is 14.7. The Morgan fingerprint density at radius 1 is 1.19 bits per heavy atom. The molecule has 4 N–H and O–H groups in total. The molecule has 1 aliphatic heterocycles. The molecule has 2 aromatic carbocycles. The van der Waals surface area contributed by atoms with E-state index in [0.29, 0.717) is 29.0 Å². The summed E-state index contributed by atoms with van der Waals surface area (Å²) >= 11 is 5.85. The summed E-state index contributed by atoms with van der Waals surface area (Å²) in [4.78, 5) is 7.85. The molecule has 5 rings (SSSR count). The average Bonchev–Trinajstić information content (AvgIpc) is 3.23. The number of rotatable bonds is 4. The largest absolute Gasteiger partial charge is 0.368 e. The number of nitrogens with one attached hydrogen (secondary N) is 2. The summed E-state index contributed by atoms with van der Waals surface area (Å²) in [5, 5.41) is 10.3. The minimum Gasteiger partial charge on any atom is -0.368 e. The lowest BCUT2D eigenvalue weighted by atomic mass is 9.99. The molecule has 0 spiro atoms. The quantitative estimate of drug-likeness (QED) is 0.415. The van der Waals surface area contributed by atoms with Gasteiger partial charge >= 0.3 is 0 Å². The first-order chi connectivity index (χ1) is 15.3. The number of hydrogen-bond acceptors (Lipinski definition) is 7. The predicted octanol–water partition coefficient (Wildman–Crippen LogP) is 2.96. The number of nitrogen functional groups attached to an aromatic ring is 1. The van der Waals surface area contributed by atoms with E-state index in [9.17, 15) is 12.8 Å². The summed E-state index contributed by atoms with van der Waals surface area (Å²) in [5.74, 6) is -0.506. The molecule has 0 saturated heterocycles. The third-order valence-corrected chi connectivity index (χ3v) is 7.35. The molecule has 0 amide bonds. The highest BCUT2D eigenvalue weighted by Crippen LogP contribution is 2.35. The smallest absolute Gasteiger partial charge is 0.267 e.